The molecule has 1 aliphatic carbocycles. The van der Waals surface area contributed by atoms with Gasteiger partial charge in [-0.3, -0.25) is 4.79 Å². The number of piperazine rings is 1. The summed E-state index contributed by atoms with van der Waals surface area (Å²) in [4.78, 5) is 30.7. The second-order valence-electron chi connectivity index (χ2n) is 6.93. The zero-order valence-electron chi connectivity index (χ0n) is 15.4. The van der Waals surface area contributed by atoms with Crippen molar-refractivity contribution in [2.75, 3.05) is 45.8 Å². The molecule has 1 saturated carbocycles. The second-order valence-corrected chi connectivity index (χ2v) is 6.93. The fourth-order valence-corrected chi connectivity index (χ4v) is 3.62. The smallest absolute Gasteiger partial charge is 0.317 e. The first-order valence-corrected chi connectivity index (χ1v) is 9.69. The molecule has 1 saturated heterocycles. The molecule has 3 amide bonds. The van der Waals surface area contributed by atoms with E-state index >= 15 is 0 Å². The Labute approximate surface area is 146 Å². The van der Waals surface area contributed by atoms with Gasteiger partial charge in [0.2, 0.25) is 5.91 Å². The maximum absolute atomic E-state index is 12.3. The molecular weight excluding hydrogens is 304 g/mol. The average Bonchev–Trinajstić information content (AvgIpc) is 2.63. The van der Waals surface area contributed by atoms with E-state index in [-0.39, 0.29) is 11.9 Å². The Morgan fingerprint density at radius 2 is 1.54 bits per heavy atom. The molecule has 0 aromatic heterocycles. The zero-order valence-corrected chi connectivity index (χ0v) is 15.4. The van der Waals surface area contributed by atoms with Crippen molar-refractivity contribution < 1.29 is 9.59 Å². The van der Waals surface area contributed by atoms with Gasteiger partial charge in [0.15, 0.2) is 0 Å². The molecule has 1 heterocycles. The summed E-state index contributed by atoms with van der Waals surface area (Å²) in [6, 6.07) is 0.400. The summed E-state index contributed by atoms with van der Waals surface area (Å²) in [5.74, 6) is 0.217. The first kappa shape index (κ1) is 19.0. The maximum atomic E-state index is 12.3. The highest BCUT2D eigenvalue weighted by Gasteiger charge is 2.25. The Kier molecular flexibility index (Phi) is 7.82. The topological polar surface area (TPSA) is 55.9 Å². The first-order valence-electron chi connectivity index (χ1n) is 9.69. The van der Waals surface area contributed by atoms with Gasteiger partial charge in [-0.15, -0.1) is 0 Å². The summed E-state index contributed by atoms with van der Waals surface area (Å²) in [7, 11) is 0. The number of hydrogen-bond donors (Lipinski definition) is 1. The van der Waals surface area contributed by atoms with Crippen molar-refractivity contribution in [1.29, 1.82) is 0 Å². The molecule has 2 fully saturated rings. The van der Waals surface area contributed by atoms with Gasteiger partial charge in [-0.05, 0) is 25.9 Å². The number of nitrogens with zero attached hydrogens (tertiary/aromatic N) is 3. The van der Waals surface area contributed by atoms with E-state index in [9.17, 15) is 9.59 Å². The van der Waals surface area contributed by atoms with Crippen LogP contribution in [0.5, 0.6) is 0 Å². The van der Waals surface area contributed by atoms with Crippen molar-refractivity contribution in [3.05, 3.63) is 0 Å². The van der Waals surface area contributed by atoms with Crippen LogP contribution in [0.1, 0.15) is 52.4 Å². The van der Waals surface area contributed by atoms with E-state index < -0.39 is 0 Å². The molecular formula is C18H34N4O2. The van der Waals surface area contributed by atoms with Crippen LogP contribution in [0.25, 0.3) is 0 Å². The number of carbonyl (C=O) groups excluding carboxylic acids is 2. The van der Waals surface area contributed by atoms with Gasteiger partial charge in [0.05, 0.1) is 0 Å². The fraction of sp³-hybridized carbons (Fsp3) is 0.889. The summed E-state index contributed by atoms with van der Waals surface area (Å²) in [5.41, 5.74) is 0. The second kappa shape index (κ2) is 9.87. The Morgan fingerprint density at radius 1 is 0.958 bits per heavy atom. The molecule has 0 spiro atoms. The standard InChI is InChI=1S/C18H34N4O2/c1-3-20(4-2)11-10-17(23)21-12-14-22(15-13-21)18(24)19-16-8-6-5-7-9-16/h16H,3-15H2,1-2H3,(H,19,24). The number of urea groups is 1. The van der Waals surface area contributed by atoms with Gasteiger partial charge in [0, 0.05) is 45.2 Å². The number of rotatable bonds is 6. The molecule has 6 heteroatoms. The molecule has 138 valence electrons. The Balaban J connectivity index is 1.68. The van der Waals surface area contributed by atoms with Crippen molar-refractivity contribution in [2.45, 2.75) is 58.4 Å². The van der Waals surface area contributed by atoms with Crippen molar-refractivity contribution in [3.63, 3.8) is 0 Å². The lowest BCUT2D eigenvalue weighted by molar-refractivity contribution is -0.132. The van der Waals surface area contributed by atoms with Gasteiger partial charge in [0.25, 0.3) is 0 Å². The van der Waals surface area contributed by atoms with Gasteiger partial charge in [-0.25, -0.2) is 4.79 Å². The molecule has 0 unspecified atom stereocenters. The molecule has 0 bridgehead atoms. The van der Waals surface area contributed by atoms with E-state index in [1.54, 1.807) is 0 Å². The molecule has 6 nitrogen and oxygen atoms in total. The van der Waals surface area contributed by atoms with Gasteiger partial charge in [0.1, 0.15) is 0 Å². The summed E-state index contributed by atoms with van der Waals surface area (Å²) in [6.45, 7) is 9.66. The molecule has 2 aliphatic rings. The Hall–Kier alpha value is -1.30. The van der Waals surface area contributed by atoms with E-state index in [4.69, 9.17) is 0 Å². The quantitative estimate of drug-likeness (QED) is 0.805. The minimum Gasteiger partial charge on any atom is -0.339 e. The van der Waals surface area contributed by atoms with Crippen molar-refractivity contribution in [2.24, 2.45) is 0 Å². The number of nitrogens with one attached hydrogen (secondary N) is 1. The number of amides is 3. The number of hydrogen-bond acceptors (Lipinski definition) is 3. The third-order valence-corrected chi connectivity index (χ3v) is 5.39. The Morgan fingerprint density at radius 3 is 2.12 bits per heavy atom. The highest BCUT2D eigenvalue weighted by atomic mass is 16.2. The van der Waals surface area contributed by atoms with Crippen LogP contribution in [0.3, 0.4) is 0 Å². The number of carbonyl (C=O) groups is 2. The SMILES string of the molecule is CCN(CC)CCC(=O)N1CCN(C(=O)NC2CCCCC2)CC1. The van der Waals surface area contributed by atoms with E-state index in [1.807, 2.05) is 9.80 Å². The van der Waals surface area contributed by atoms with Crippen LogP contribution < -0.4 is 5.32 Å². The van der Waals surface area contributed by atoms with E-state index in [1.165, 1.54) is 19.3 Å². The normalized spacial score (nSPS) is 19.6. The third kappa shape index (κ3) is 5.65. The molecule has 0 radical (unpaired) electrons. The summed E-state index contributed by atoms with van der Waals surface area (Å²) in [5, 5.41) is 3.16. The van der Waals surface area contributed by atoms with E-state index in [2.05, 4.69) is 24.1 Å². The summed E-state index contributed by atoms with van der Waals surface area (Å²) < 4.78 is 0. The van der Waals surface area contributed by atoms with Crippen LogP contribution in [0.2, 0.25) is 0 Å². The van der Waals surface area contributed by atoms with Gasteiger partial charge in [-0.2, -0.15) is 0 Å². The minimum atomic E-state index is 0.0529. The lowest BCUT2D eigenvalue weighted by Crippen LogP contribution is -2.54. The fourth-order valence-electron chi connectivity index (χ4n) is 3.62. The lowest BCUT2D eigenvalue weighted by atomic mass is 9.96. The average molecular weight is 338 g/mol. The Bertz CT molecular complexity index is 398. The lowest BCUT2D eigenvalue weighted by Gasteiger charge is -2.36. The predicted octanol–water partition coefficient (Wildman–Crippen LogP) is 1.90. The zero-order chi connectivity index (χ0) is 17.4. The van der Waals surface area contributed by atoms with Crippen LogP contribution in [0.15, 0.2) is 0 Å². The monoisotopic (exact) mass is 338 g/mol. The molecule has 0 atom stereocenters. The van der Waals surface area contributed by atoms with E-state index in [0.717, 1.165) is 32.5 Å². The minimum absolute atomic E-state index is 0.0529. The predicted molar refractivity (Wildman–Crippen MR) is 96.0 cm³/mol. The summed E-state index contributed by atoms with van der Waals surface area (Å²) >= 11 is 0. The molecule has 1 aliphatic heterocycles. The van der Waals surface area contributed by atoms with Crippen LogP contribution in [-0.2, 0) is 4.79 Å². The first-order chi connectivity index (χ1) is 11.6. The van der Waals surface area contributed by atoms with Gasteiger partial charge in [-0.1, -0.05) is 33.1 Å². The molecule has 0 aromatic rings. The highest BCUT2D eigenvalue weighted by molar-refractivity contribution is 5.78. The molecule has 2 rings (SSSR count). The van der Waals surface area contributed by atoms with E-state index in [0.29, 0.717) is 38.6 Å². The van der Waals surface area contributed by atoms with Crippen molar-refractivity contribution >= 4 is 11.9 Å². The van der Waals surface area contributed by atoms with Crippen LogP contribution in [0.4, 0.5) is 4.79 Å². The van der Waals surface area contributed by atoms with Crippen LogP contribution in [-0.4, -0.2) is 78.5 Å². The van der Waals surface area contributed by atoms with Gasteiger partial charge < -0.3 is 20.0 Å². The third-order valence-electron chi connectivity index (χ3n) is 5.39. The van der Waals surface area contributed by atoms with Crippen LogP contribution in [0, 0.1) is 0 Å². The maximum Gasteiger partial charge on any atom is 0.317 e. The van der Waals surface area contributed by atoms with Crippen molar-refractivity contribution in [3.8, 4) is 0 Å². The van der Waals surface area contributed by atoms with Crippen molar-refractivity contribution in [1.82, 2.24) is 20.0 Å². The highest BCUT2D eigenvalue weighted by Crippen LogP contribution is 2.17. The molecule has 0 aromatic carbocycles. The van der Waals surface area contributed by atoms with Gasteiger partial charge >= 0.3 is 6.03 Å². The molecule has 1 N–H and O–H groups in total. The largest absolute Gasteiger partial charge is 0.339 e. The summed E-state index contributed by atoms with van der Waals surface area (Å²) in [6.07, 6.45) is 6.53. The van der Waals surface area contributed by atoms with Crippen LogP contribution >= 0.6 is 0 Å². The molecule has 24 heavy (non-hydrogen) atoms.